The highest BCUT2D eigenvalue weighted by atomic mass is 79.9. The van der Waals surface area contributed by atoms with Gasteiger partial charge in [0, 0.05) is 37.6 Å². The van der Waals surface area contributed by atoms with Gasteiger partial charge >= 0.3 is 0 Å². The minimum Gasteiger partial charge on any atom is -0.347 e. The number of nitrogens with one attached hydrogen (secondary N) is 1. The molecule has 0 spiro atoms. The largest absolute Gasteiger partial charge is 0.347 e. The molecule has 6 nitrogen and oxygen atoms in total. The zero-order valence-corrected chi connectivity index (χ0v) is 14.6. The van der Waals surface area contributed by atoms with E-state index in [9.17, 15) is 14.4 Å². The number of carbonyl (C=O) groups is 3. The van der Waals surface area contributed by atoms with Gasteiger partial charge in [0.1, 0.15) is 0 Å². The first kappa shape index (κ1) is 17.5. The van der Waals surface area contributed by atoms with Crippen LogP contribution in [0.4, 0.5) is 0 Å². The first-order chi connectivity index (χ1) is 11.0. The zero-order chi connectivity index (χ0) is 16.8. The number of rotatable bonds is 4. The molecular formula is C16H20BrN3O3. The van der Waals surface area contributed by atoms with Gasteiger partial charge < -0.3 is 15.1 Å². The van der Waals surface area contributed by atoms with Gasteiger partial charge in [-0.05, 0) is 17.7 Å². The van der Waals surface area contributed by atoms with E-state index in [1.165, 1.54) is 6.92 Å². The van der Waals surface area contributed by atoms with Crippen molar-refractivity contribution in [1.82, 2.24) is 15.1 Å². The molecule has 0 unspecified atom stereocenters. The van der Waals surface area contributed by atoms with Crippen molar-refractivity contribution in [3.63, 3.8) is 0 Å². The van der Waals surface area contributed by atoms with Gasteiger partial charge in [-0.3, -0.25) is 14.4 Å². The van der Waals surface area contributed by atoms with Crippen LogP contribution in [0.3, 0.4) is 0 Å². The molecule has 0 saturated carbocycles. The van der Waals surface area contributed by atoms with Gasteiger partial charge in [-0.1, -0.05) is 28.1 Å². The third-order valence-electron chi connectivity index (χ3n) is 3.79. The SMILES string of the molecule is CC(=O)N1CCN(C(=O)CNC(=O)Cc2ccc(Br)cc2)CC1. The lowest BCUT2D eigenvalue weighted by molar-refractivity contribution is -0.138. The Kier molecular flexibility index (Phi) is 6.15. The van der Waals surface area contributed by atoms with Crippen LogP contribution in [0, 0.1) is 0 Å². The Balaban J connectivity index is 1.73. The Bertz CT molecular complexity index is 581. The van der Waals surface area contributed by atoms with Gasteiger partial charge in [-0.2, -0.15) is 0 Å². The lowest BCUT2D eigenvalue weighted by Gasteiger charge is -2.34. The highest BCUT2D eigenvalue weighted by Crippen LogP contribution is 2.10. The molecule has 0 aliphatic carbocycles. The number of halogens is 1. The molecule has 0 aromatic heterocycles. The Morgan fingerprint density at radius 3 is 2.17 bits per heavy atom. The smallest absolute Gasteiger partial charge is 0.242 e. The second kappa shape index (κ2) is 8.10. The van der Waals surface area contributed by atoms with Crippen LogP contribution in [0.2, 0.25) is 0 Å². The molecule has 2 rings (SSSR count). The van der Waals surface area contributed by atoms with Crippen molar-refractivity contribution in [1.29, 1.82) is 0 Å². The molecule has 23 heavy (non-hydrogen) atoms. The Labute approximate surface area is 143 Å². The van der Waals surface area contributed by atoms with Gasteiger partial charge in [0.25, 0.3) is 0 Å². The summed E-state index contributed by atoms with van der Waals surface area (Å²) in [6.45, 7) is 3.65. The monoisotopic (exact) mass is 381 g/mol. The quantitative estimate of drug-likeness (QED) is 0.838. The maximum absolute atomic E-state index is 12.1. The van der Waals surface area contributed by atoms with E-state index in [4.69, 9.17) is 0 Å². The Hall–Kier alpha value is -1.89. The van der Waals surface area contributed by atoms with Gasteiger partial charge in [-0.25, -0.2) is 0 Å². The Morgan fingerprint density at radius 1 is 1.04 bits per heavy atom. The molecule has 1 N–H and O–H groups in total. The fourth-order valence-electron chi connectivity index (χ4n) is 2.41. The van der Waals surface area contributed by atoms with Crippen LogP contribution >= 0.6 is 15.9 Å². The summed E-state index contributed by atoms with van der Waals surface area (Å²) in [5.74, 6) is -0.264. The summed E-state index contributed by atoms with van der Waals surface area (Å²) in [6, 6.07) is 7.49. The summed E-state index contributed by atoms with van der Waals surface area (Å²) >= 11 is 3.34. The predicted octanol–water partition coefficient (Wildman–Crippen LogP) is 0.798. The molecule has 1 saturated heterocycles. The van der Waals surface area contributed by atoms with Crippen molar-refractivity contribution in [3.05, 3.63) is 34.3 Å². The van der Waals surface area contributed by atoms with Crippen molar-refractivity contribution in [2.24, 2.45) is 0 Å². The minimum atomic E-state index is -0.178. The van der Waals surface area contributed by atoms with E-state index in [1.807, 2.05) is 24.3 Å². The van der Waals surface area contributed by atoms with Crippen LogP contribution < -0.4 is 5.32 Å². The molecular weight excluding hydrogens is 362 g/mol. The van der Waals surface area contributed by atoms with E-state index in [-0.39, 0.29) is 30.7 Å². The molecule has 0 atom stereocenters. The molecule has 7 heteroatoms. The normalized spacial score (nSPS) is 14.5. The summed E-state index contributed by atoms with van der Waals surface area (Å²) in [6.07, 6.45) is 0.249. The molecule has 1 aliphatic heterocycles. The van der Waals surface area contributed by atoms with Gasteiger partial charge in [0.15, 0.2) is 0 Å². The van der Waals surface area contributed by atoms with Crippen LogP contribution in [0.1, 0.15) is 12.5 Å². The van der Waals surface area contributed by atoms with E-state index >= 15 is 0 Å². The second-order valence-electron chi connectivity index (χ2n) is 5.47. The van der Waals surface area contributed by atoms with E-state index < -0.39 is 0 Å². The van der Waals surface area contributed by atoms with E-state index in [1.54, 1.807) is 9.80 Å². The molecule has 0 bridgehead atoms. The van der Waals surface area contributed by atoms with E-state index in [0.29, 0.717) is 26.2 Å². The number of carbonyl (C=O) groups excluding carboxylic acids is 3. The molecule has 0 radical (unpaired) electrons. The molecule has 1 aliphatic rings. The highest BCUT2D eigenvalue weighted by Gasteiger charge is 2.22. The fourth-order valence-corrected chi connectivity index (χ4v) is 2.67. The van der Waals surface area contributed by atoms with Gasteiger partial charge in [0.2, 0.25) is 17.7 Å². The van der Waals surface area contributed by atoms with Crippen LogP contribution in [0.5, 0.6) is 0 Å². The van der Waals surface area contributed by atoms with Crippen LogP contribution in [-0.2, 0) is 20.8 Å². The van der Waals surface area contributed by atoms with Crippen molar-refractivity contribution in [3.8, 4) is 0 Å². The number of hydrogen-bond donors (Lipinski definition) is 1. The summed E-state index contributed by atoms with van der Waals surface area (Å²) in [5, 5.41) is 2.65. The second-order valence-corrected chi connectivity index (χ2v) is 6.38. The van der Waals surface area contributed by atoms with Crippen molar-refractivity contribution < 1.29 is 14.4 Å². The number of benzene rings is 1. The zero-order valence-electron chi connectivity index (χ0n) is 13.0. The standard InChI is InChI=1S/C16H20BrN3O3/c1-12(21)19-6-8-20(9-7-19)16(23)11-18-15(22)10-13-2-4-14(17)5-3-13/h2-5H,6-11H2,1H3,(H,18,22). The van der Waals surface area contributed by atoms with Crippen LogP contribution in [0.15, 0.2) is 28.7 Å². The third kappa shape index (κ3) is 5.35. The van der Waals surface area contributed by atoms with Crippen molar-refractivity contribution >= 4 is 33.7 Å². The van der Waals surface area contributed by atoms with Crippen molar-refractivity contribution in [2.45, 2.75) is 13.3 Å². The lowest BCUT2D eigenvalue weighted by Crippen LogP contribution is -2.52. The first-order valence-electron chi connectivity index (χ1n) is 7.50. The maximum Gasteiger partial charge on any atom is 0.242 e. The summed E-state index contributed by atoms with van der Waals surface area (Å²) in [4.78, 5) is 38.6. The van der Waals surface area contributed by atoms with Crippen molar-refractivity contribution in [2.75, 3.05) is 32.7 Å². The maximum atomic E-state index is 12.1. The highest BCUT2D eigenvalue weighted by molar-refractivity contribution is 9.10. The molecule has 124 valence electrons. The summed E-state index contributed by atoms with van der Waals surface area (Å²) in [7, 11) is 0. The average molecular weight is 382 g/mol. The molecule has 1 aromatic carbocycles. The minimum absolute atomic E-state index is 0.00453. The summed E-state index contributed by atoms with van der Waals surface area (Å²) in [5.41, 5.74) is 0.897. The lowest BCUT2D eigenvalue weighted by atomic mass is 10.1. The first-order valence-corrected chi connectivity index (χ1v) is 8.29. The third-order valence-corrected chi connectivity index (χ3v) is 4.32. The van der Waals surface area contributed by atoms with Gasteiger partial charge in [-0.15, -0.1) is 0 Å². The summed E-state index contributed by atoms with van der Waals surface area (Å²) < 4.78 is 0.960. The van der Waals surface area contributed by atoms with E-state index in [2.05, 4.69) is 21.2 Å². The van der Waals surface area contributed by atoms with E-state index in [0.717, 1.165) is 10.0 Å². The predicted molar refractivity (Wildman–Crippen MR) is 89.7 cm³/mol. The molecule has 1 aromatic rings. The number of hydrogen-bond acceptors (Lipinski definition) is 3. The number of amides is 3. The molecule has 1 heterocycles. The van der Waals surface area contributed by atoms with Crippen LogP contribution in [-0.4, -0.2) is 60.2 Å². The molecule has 3 amide bonds. The number of piperazine rings is 1. The Morgan fingerprint density at radius 2 is 1.61 bits per heavy atom. The topological polar surface area (TPSA) is 69.7 Å². The number of nitrogens with zero attached hydrogens (tertiary/aromatic N) is 2. The van der Waals surface area contributed by atoms with Gasteiger partial charge in [0.05, 0.1) is 13.0 Å². The fraction of sp³-hybridized carbons (Fsp3) is 0.438. The average Bonchev–Trinajstić information content (AvgIpc) is 2.55. The molecule has 1 fully saturated rings. The van der Waals surface area contributed by atoms with Crippen LogP contribution in [0.25, 0.3) is 0 Å².